The fourth-order valence-electron chi connectivity index (χ4n) is 2.67. The molecule has 0 radical (unpaired) electrons. The van der Waals surface area contributed by atoms with Crippen LogP contribution in [0.2, 0.25) is 0 Å². The number of hydrogen-bond acceptors (Lipinski definition) is 4. The van der Waals surface area contributed by atoms with Gasteiger partial charge in [-0.3, -0.25) is 4.79 Å². The molecule has 2 aromatic heterocycles. The molecule has 1 N–H and O–H groups in total. The molecule has 0 fully saturated rings. The minimum Gasteiger partial charge on any atom is -0.497 e. The van der Waals surface area contributed by atoms with Crippen molar-refractivity contribution in [3.63, 3.8) is 0 Å². The molecule has 3 rings (SSSR count). The topological polar surface area (TPSA) is 56.1 Å². The lowest BCUT2D eigenvalue weighted by molar-refractivity contribution is -0.121. The van der Waals surface area contributed by atoms with Gasteiger partial charge in [-0.05, 0) is 46.5 Å². The first kappa shape index (κ1) is 17.2. The highest BCUT2D eigenvalue weighted by atomic mass is 32.1. The highest BCUT2D eigenvalue weighted by molar-refractivity contribution is 7.07. The van der Waals surface area contributed by atoms with Crippen LogP contribution < -0.4 is 10.1 Å². The van der Waals surface area contributed by atoms with Gasteiger partial charge in [0.05, 0.1) is 7.11 Å². The second-order valence-electron chi connectivity index (χ2n) is 5.80. The van der Waals surface area contributed by atoms with E-state index in [0.29, 0.717) is 6.42 Å². The van der Waals surface area contributed by atoms with E-state index in [4.69, 9.17) is 4.74 Å². The first-order valence-corrected chi connectivity index (χ1v) is 9.03. The van der Waals surface area contributed by atoms with Crippen LogP contribution in [0.4, 0.5) is 0 Å². The monoisotopic (exact) mass is 355 g/mol. The van der Waals surface area contributed by atoms with Gasteiger partial charge in [0.15, 0.2) is 0 Å². The minimum absolute atomic E-state index is 0.00928. The Kier molecular flexibility index (Phi) is 5.50. The van der Waals surface area contributed by atoms with Crippen molar-refractivity contribution in [3.05, 3.63) is 70.4 Å². The Labute approximate surface area is 151 Å². The third-order valence-electron chi connectivity index (χ3n) is 4.09. The van der Waals surface area contributed by atoms with Gasteiger partial charge in [0.25, 0.3) is 0 Å². The normalized spacial score (nSPS) is 11.9. The lowest BCUT2D eigenvalue weighted by Crippen LogP contribution is -2.31. The van der Waals surface area contributed by atoms with Crippen LogP contribution in [0.15, 0.2) is 53.5 Å². The second kappa shape index (κ2) is 7.98. The molecule has 0 saturated carbocycles. The summed E-state index contributed by atoms with van der Waals surface area (Å²) in [5.74, 6) is 1.59. The third kappa shape index (κ3) is 4.28. The van der Waals surface area contributed by atoms with Crippen LogP contribution in [0, 0.1) is 0 Å². The highest BCUT2D eigenvalue weighted by Crippen LogP contribution is 2.23. The van der Waals surface area contributed by atoms with Gasteiger partial charge >= 0.3 is 0 Å². The largest absolute Gasteiger partial charge is 0.497 e. The quantitative estimate of drug-likeness (QED) is 0.707. The molecule has 2 heterocycles. The summed E-state index contributed by atoms with van der Waals surface area (Å²) in [6.45, 7) is 0. The number of rotatable bonds is 7. The summed E-state index contributed by atoms with van der Waals surface area (Å²) in [6, 6.07) is 9.46. The van der Waals surface area contributed by atoms with Crippen LogP contribution >= 0.6 is 11.3 Å². The molecular formula is C19H21N3O2S. The smallest absolute Gasteiger partial charge is 0.221 e. The summed E-state index contributed by atoms with van der Waals surface area (Å²) >= 11 is 1.65. The number of ether oxygens (including phenoxy) is 1. The number of nitrogens with zero attached hydrogens (tertiary/aromatic N) is 2. The fourth-order valence-corrected chi connectivity index (χ4v) is 3.38. The van der Waals surface area contributed by atoms with Crippen molar-refractivity contribution in [3.8, 4) is 5.75 Å². The SMILES string of the molecule is COc1ccc(C(NC(=O)CCc2ccsc2)c2nccn2C)cc1. The molecule has 0 aliphatic carbocycles. The lowest BCUT2D eigenvalue weighted by Gasteiger charge is -2.19. The molecular weight excluding hydrogens is 334 g/mol. The number of aromatic nitrogens is 2. The van der Waals surface area contributed by atoms with E-state index in [1.54, 1.807) is 24.6 Å². The molecule has 0 saturated heterocycles. The van der Waals surface area contributed by atoms with E-state index in [1.165, 1.54) is 5.56 Å². The average Bonchev–Trinajstić information content (AvgIpc) is 3.30. The number of amides is 1. The van der Waals surface area contributed by atoms with Crippen LogP contribution in [0.1, 0.15) is 29.4 Å². The number of thiophene rings is 1. The zero-order valence-corrected chi connectivity index (χ0v) is 15.1. The van der Waals surface area contributed by atoms with Gasteiger partial charge in [0.2, 0.25) is 5.91 Å². The Hall–Kier alpha value is -2.60. The van der Waals surface area contributed by atoms with Crippen molar-refractivity contribution in [2.45, 2.75) is 18.9 Å². The van der Waals surface area contributed by atoms with E-state index in [1.807, 2.05) is 47.5 Å². The Morgan fingerprint density at radius 1 is 1.32 bits per heavy atom. The van der Waals surface area contributed by atoms with E-state index in [2.05, 4.69) is 21.7 Å². The Balaban J connectivity index is 1.76. The number of carbonyl (C=O) groups excluding carboxylic acids is 1. The zero-order chi connectivity index (χ0) is 17.6. The summed E-state index contributed by atoms with van der Waals surface area (Å²) in [5.41, 5.74) is 2.16. The number of methoxy groups -OCH3 is 1. The van der Waals surface area contributed by atoms with Crippen LogP contribution in [0.25, 0.3) is 0 Å². The van der Waals surface area contributed by atoms with Gasteiger partial charge in [-0.1, -0.05) is 12.1 Å². The summed E-state index contributed by atoms with van der Waals surface area (Å²) in [5, 5.41) is 7.22. The van der Waals surface area contributed by atoms with Gasteiger partial charge in [-0.15, -0.1) is 0 Å². The first-order valence-electron chi connectivity index (χ1n) is 8.09. The van der Waals surface area contributed by atoms with E-state index in [-0.39, 0.29) is 11.9 Å². The molecule has 0 aliphatic heterocycles. The van der Waals surface area contributed by atoms with Crippen molar-refractivity contribution in [1.82, 2.24) is 14.9 Å². The third-order valence-corrected chi connectivity index (χ3v) is 4.82. The maximum Gasteiger partial charge on any atom is 0.221 e. The lowest BCUT2D eigenvalue weighted by atomic mass is 10.1. The maximum atomic E-state index is 12.5. The van der Waals surface area contributed by atoms with Crippen LogP contribution in [-0.4, -0.2) is 22.6 Å². The Bertz CT molecular complexity index is 810. The van der Waals surface area contributed by atoms with Gasteiger partial charge in [0, 0.05) is 25.9 Å². The number of aryl methyl sites for hydroxylation is 2. The summed E-state index contributed by atoms with van der Waals surface area (Å²) in [6.07, 6.45) is 4.81. The molecule has 130 valence electrons. The summed E-state index contributed by atoms with van der Waals surface area (Å²) < 4.78 is 7.14. The molecule has 3 aromatic rings. The first-order chi connectivity index (χ1) is 12.2. The van der Waals surface area contributed by atoms with Crippen molar-refractivity contribution in [1.29, 1.82) is 0 Å². The predicted octanol–water partition coefficient (Wildman–Crippen LogP) is 3.33. The molecule has 6 heteroatoms. The number of benzene rings is 1. The van der Waals surface area contributed by atoms with Gasteiger partial charge in [-0.2, -0.15) is 11.3 Å². The van der Waals surface area contributed by atoms with E-state index >= 15 is 0 Å². The zero-order valence-electron chi connectivity index (χ0n) is 14.3. The van der Waals surface area contributed by atoms with Crippen molar-refractivity contribution in [2.75, 3.05) is 7.11 Å². The average molecular weight is 355 g/mol. The molecule has 5 nitrogen and oxygen atoms in total. The number of carbonyl (C=O) groups is 1. The van der Waals surface area contributed by atoms with Gasteiger partial charge in [-0.25, -0.2) is 4.98 Å². The van der Waals surface area contributed by atoms with Gasteiger partial charge < -0.3 is 14.6 Å². The van der Waals surface area contributed by atoms with E-state index < -0.39 is 0 Å². The molecule has 0 bridgehead atoms. The number of imidazole rings is 1. The van der Waals surface area contributed by atoms with Gasteiger partial charge in [0.1, 0.15) is 17.6 Å². The molecule has 0 aliphatic rings. The minimum atomic E-state index is -0.291. The second-order valence-corrected chi connectivity index (χ2v) is 6.58. The Morgan fingerprint density at radius 3 is 2.72 bits per heavy atom. The number of hydrogen-bond donors (Lipinski definition) is 1. The standard InChI is InChI=1S/C19H21N3O2S/c1-22-11-10-20-19(22)18(15-4-6-16(24-2)7-5-15)21-17(23)8-3-14-9-12-25-13-14/h4-7,9-13,18H,3,8H2,1-2H3,(H,21,23). The predicted molar refractivity (Wildman–Crippen MR) is 98.8 cm³/mol. The molecule has 1 unspecified atom stereocenters. The van der Waals surface area contributed by atoms with Crippen molar-refractivity contribution >= 4 is 17.2 Å². The molecule has 1 amide bonds. The maximum absolute atomic E-state index is 12.5. The van der Waals surface area contributed by atoms with Crippen LogP contribution in [-0.2, 0) is 18.3 Å². The molecule has 25 heavy (non-hydrogen) atoms. The number of nitrogens with one attached hydrogen (secondary N) is 1. The fraction of sp³-hybridized carbons (Fsp3) is 0.263. The van der Waals surface area contributed by atoms with Crippen LogP contribution in [0.3, 0.4) is 0 Å². The van der Waals surface area contributed by atoms with Crippen molar-refractivity contribution < 1.29 is 9.53 Å². The molecule has 0 spiro atoms. The van der Waals surface area contributed by atoms with E-state index in [0.717, 1.165) is 23.6 Å². The van der Waals surface area contributed by atoms with Crippen LogP contribution in [0.5, 0.6) is 5.75 Å². The van der Waals surface area contributed by atoms with E-state index in [9.17, 15) is 4.79 Å². The molecule has 1 aromatic carbocycles. The highest BCUT2D eigenvalue weighted by Gasteiger charge is 2.20. The van der Waals surface area contributed by atoms with Crippen molar-refractivity contribution in [2.24, 2.45) is 7.05 Å². The molecule has 1 atom stereocenters. The summed E-state index contributed by atoms with van der Waals surface area (Å²) in [7, 11) is 3.56. The summed E-state index contributed by atoms with van der Waals surface area (Å²) in [4.78, 5) is 16.9. The Morgan fingerprint density at radius 2 is 2.12 bits per heavy atom.